The fourth-order valence-electron chi connectivity index (χ4n) is 2.26. The first kappa shape index (κ1) is 17.1. The zero-order valence-electron chi connectivity index (χ0n) is 13.2. The summed E-state index contributed by atoms with van der Waals surface area (Å²) in [4.78, 5) is 16.1. The van der Waals surface area contributed by atoms with Crippen molar-refractivity contribution in [2.24, 2.45) is 0 Å². The largest absolute Gasteiger partial charge is 0.352 e. The molecule has 5 nitrogen and oxygen atoms in total. The molecule has 25 heavy (non-hydrogen) atoms. The van der Waals surface area contributed by atoms with Crippen molar-refractivity contribution in [1.29, 1.82) is 0 Å². The molecule has 128 valence electrons. The Kier molecular flexibility index (Phi) is 5.40. The molecule has 0 aliphatic carbocycles. The van der Waals surface area contributed by atoms with Crippen LogP contribution in [-0.2, 0) is 17.8 Å². The fraction of sp³-hybridized carbons (Fsp3) is 0.167. The normalized spacial score (nSPS) is 10.6. The topological polar surface area (TPSA) is 68.0 Å². The van der Waals surface area contributed by atoms with Crippen LogP contribution < -0.4 is 5.32 Å². The van der Waals surface area contributed by atoms with E-state index < -0.39 is 0 Å². The zero-order valence-corrected chi connectivity index (χ0v) is 14.0. The predicted molar refractivity (Wildman–Crippen MR) is 91.3 cm³/mol. The first-order chi connectivity index (χ1) is 12.1. The van der Waals surface area contributed by atoms with Gasteiger partial charge in [-0.25, -0.2) is 4.39 Å². The van der Waals surface area contributed by atoms with Gasteiger partial charge >= 0.3 is 0 Å². The van der Waals surface area contributed by atoms with E-state index in [9.17, 15) is 9.18 Å². The van der Waals surface area contributed by atoms with E-state index in [2.05, 4.69) is 15.5 Å². The lowest BCUT2D eigenvalue weighted by molar-refractivity contribution is -0.121. The summed E-state index contributed by atoms with van der Waals surface area (Å²) < 4.78 is 18.3. The van der Waals surface area contributed by atoms with Crippen molar-refractivity contribution in [1.82, 2.24) is 15.5 Å². The van der Waals surface area contributed by atoms with Gasteiger partial charge in [0.05, 0.1) is 0 Å². The molecule has 0 fully saturated rings. The molecule has 0 saturated carbocycles. The molecule has 1 amide bonds. The van der Waals surface area contributed by atoms with Crippen LogP contribution in [0.4, 0.5) is 4.39 Å². The van der Waals surface area contributed by atoms with Crippen LogP contribution in [0.3, 0.4) is 0 Å². The maximum Gasteiger partial charge on any atom is 0.227 e. The molecule has 0 aliphatic heterocycles. The van der Waals surface area contributed by atoms with E-state index in [-0.39, 0.29) is 18.1 Å². The molecular weight excluding hydrogens is 345 g/mol. The minimum absolute atomic E-state index is 0.134. The Labute approximate surface area is 148 Å². The summed E-state index contributed by atoms with van der Waals surface area (Å²) in [6, 6.07) is 13.2. The molecule has 7 heteroatoms. The quantitative estimate of drug-likeness (QED) is 0.727. The van der Waals surface area contributed by atoms with Gasteiger partial charge in [-0.2, -0.15) is 4.98 Å². The summed E-state index contributed by atoms with van der Waals surface area (Å²) in [5.74, 6) is 0.126. The Morgan fingerprint density at radius 1 is 1.20 bits per heavy atom. The van der Waals surface area contributed by atoms with E-state index in [1.807, 2.05) is 12.1 Å². The second kappa shape index (κ2) is 7.90. The molecule has 0 aliphatic rings. The van der Waals surface area contributed by atoms with Crippen LogP contribution in [0.1, 0.15) is 17.9 Å². The number of carbonyl (C=O) groups is 1. The Morgan fingerprint density at radius 3 is 2.84 bits per heavy atom. The van der Waals surface area contributed by atoms with E-state index >= 15 is 0 Å². The smallest absolute Gasteiger partial charge is 0.227 e. The van der Waals surface area contributed by atoms with Crippen molar-refractivity contribution in [3.8, 4) is 11.4 Å². The summed E-state index contributed by atoms with van der Waals surface area (Å²) in [6.07, 6.45) is 0.523. The predicted octanol–water partition coefficient (Wildman–Crippen LogP) is 3.78. The van der Waals surface area contributed by atoms with Crippen molar-refractivity contribution < 1.29 is 13.7 Å². The highest BCUT2D eigenvalue weighted by Crippen LogP contribution is 2.17. The lowest BCUT2D eigenvalue weighted by Crippen LogP contribution is -2.23. The number of hydrogen-bond donors (Lipinski definition) is 1. The number of aryl methyl sites for hydroxylation is 1. The lowest BCUT2D eigenvalue weighted by Gasteiger charge is -2.04. The van der Waals surface area contributed by atoms with E-state index in [4.69, 9.17) is 16.1 Å². The molecule has 1 heterocycles. The van der Waals surface area contributed by atoms with Gasteiger partial charge in [0.15, 0.2) is 0 Å². The molecular formula is C18H15ClFN3O2. The highest BCUT2D eigenvalue weighted by Gasteiger charge is 2.11. The van der Waals surface area contributed by atoms with E-state index in [0.29, 0.717) is 35.3 Å². The molecule has 0 saturated heterocycles. The Balaban J connectivity index is 1.51. The van der Waals surface area contributed by atoms with Gasteiger partial charge < -0.3 is 9.84 Å². The minimum atomic E-state index is -0.371. The first-order valence-corrected chi connectivity index (χ1v) is 8.07. The van der Waals surface area contributed by atoms with Crippen molar-refractivity contribution >= 4 is 17.5 Å². The van der Waals surface area contributed by atoms with Crippen LogP contribution in [0.2, 0.25) is 5.02 Å². The molecule has 3 rings (SSSR count). The second-order valence-electron chi connectivity index (χ2n) is 5.43. The van der Waals surface area contributed by atoms with Crippen LogP contribution >= 0.6 is 11.6 Å². The van der Waals surface area contributed by atoms with Crippen LogP contribution in [-0.4, -0.2) is 16.0 Å². The number of rotatable bonds is 6. The number of amides is 1. The van der Waals surface area contributed by atoms with Gasteiger partial charge in [0.25, 0.3) is 0 Å². The molecule has 0 spiro atoms. The third-order valence-corrected chi connectivity index (χ3v) is 3.73. The maximum atomic E-state index is 13.2. The third kappa shape index (κ3) is 4.87. The monoisotopic (exact) mass is 359 g/mol. The van der Waals surface area contributed by atoms with Crippen LogP contribution in [0.15, 0.2) is 53.1 Å². The van der Waals surface area contributed by atoms with Crippen molar-refractivity contribution in [2.45, 2.75) is 19.4 Å². The first-order valence-electron chi connectivity index (χ1n) is 7.70. The fourth-order valence-corrected chi connectivity index (χ4v) is 2.47. The molecule has 1 aromatic heterocycles. The highest BCUT2D eigenvalue weighted by atomic mass is 35.5. The standard InChI is InChI=1S/C18H15ClFN3O2/c19-14-5-1-3-12(9-14)11-21-16(24)7-8-17-22-18(23-25-17)13-4-2-6-15(20)10-13/h1-6,9-10H,7-8,11H2,(H,21,24). The molecule has 0 radical (unpaired) electrons. The number of aromatic nitrogens is 2. The Hall–Kier alpha value is -2.73. The second-order valence-corrected chi connectivity index (χ2v) is 5.87. The lowest BCUT2D eigenvalue weighted by atomic mass is 10.2. The number of halogens is 2. The van der Waals surface area contributed by atoms with Crippen molar-refractivity contribution in [3.05, 3.63) is 70.8 Å². The molecule has 0 unspecified atom stereocenters. The number of hydrogen-bond acceptors (Lipinski definition) is 4. The summed E-state index contributed by atoms with van der Waals surface area (Å²) >= 11 is 5.90. The minimum Gasteiger partial charge on any atom is -0.352 e. The molecule has 0 bridgehead atoms. The van der Waals surface area contributed by atoms with Crippen LogP contribution in [0.5, 0.6) is 0 Å². The Morgan fingerprint density at radius 2 is 2.04 bits per heavy atom. The molecule has 0 atom stereocenters. The van der Waals surface area contributed by atoms with E-state index in [0.717, 1.165) is 5.56 Å². The van der Waals surface area contributed by atoms with Gasteiger partial charge in [0.1, 0.15) is 5.82 Å². The number of nitrogens with one attached hydrogen (secondary N) is 1. The average Bonchev–Trinajstić information content (AvgIpc) is 3.07. The van der Waals surface area contributed by atoms with Gasteiger partial charge in [0, 0.05) is 30.0 Å². The van der Waals surface area contributed by atoms with Crippen molar-refractivity contribution in [3.63, 3.8) is 0 Å². The van der Waals surface area contributed by atoms with E-state index in [1.54, 1.807) is 24.3 Å². The van der Waals surface area contributed by atoms with Crippen molar-refractivity contribution in [2.75, 3.05) is 0 Å². The van der Waals surface area contributed by atoms with Gasteiger partial charge in [-0.15, -0.1) is 0 Å². The summed E-state index contributed by atoms with van der Waals surface area (Å²) in [5.41, 5.74) is 1.45. The van der Waals surface area contributed by atoms with Gasteiger partial charge in [0.2, 0.25) is 17.6 Å². The maximum absolute atomic E-state index is 13.2. The van der Waals surface area contributed by atoms with Crippen LogP contribution in [0.25, 0.3) is 11.4 Å². The zero-order chi connectivity index (χ0) is 17.6. The summed E-state index contributed by atoms with van der Waals surface area (Å²) in [7, 11) is 0. The molecule has 1 N–H and O–H groups in total. The Bertz CT molecular complexity index is 882. The van der Waals surface area contributed by atoms with Gasteiger partial charge in [-0.1, -0.05) is 41.0 Å². The summed E-state index contributed by atoms with van der Waals surface area (Å²) in [6.45, 7) is 0.401. The SMILES string of the molecule is O=C(CCc1nc(-c2cccc(F)c2)no1)NCc1cccc(Cl)c1. The van der Waals surface area contributed by atoms with E-state index in [1.165, 1.54) is 12.1 Å². The number of benzene rings is 2. The summed E-state index contributed by atoms with van der Waals surface area (Å²) in [5, 5.41) is 7.24. The number of nitrogens with zero attached hydrogens (tertiary/aromatic N) is 2. The highest BCUT2D eigenvalue weighted by molar-refractivity contribution is 6.30. The van der Waals surface area contributed by atoms with Crippen LogP contribution in [0, 0.1) is 5.82 Å². The molecule has 3 aromatic rings. The van der Waals surface area contributed by atoms with Gasteiger partial charge in [-0.3, -0.25) is 4.79 Å². The average molecular weight is 360 g/mol. The number of carbonyl (C=O) groups excluding carboxylic acids is 1. The third-order valence-electron chi connectivity index (χ3n) is 3.50. The van der Waals surface area contributed by atoms with Gasteiger partial charge in [-0.05, 0) is 29.8 Å². The molecule has 2 aromatic carbocycles.